The van der Waals surface area contributed by atoms with Gasteiger partial charge in [0.25, 0.3) is 0 Å². The van der Waals surface area contributed by atoms with Crippen molar-refractivity contribution in [1.82, 2.24) is 9.97 Å². The minimum absolute atomic E-state index is 0.0652. The first kappa shape index (κ1) is 8.62. The summed E-state index contributed by atoms with van der Waals surface area (Å²) in [4.78, 5) is 19.0. The molecular formula is C10H8N2O2. The predicted octanol–water partition coefficient (Wildman–Crippen LogP) is 1.54. The van der Waals surface area contributed by atoms with Crippen LogP contribution in [0.15, 0.2) is 24.5 Å². The van der Waals surface area contributed by atoms with E-state index >= 15 is 0 Å². The van der Waals surface area contributed by atoms with E-state index in [0.29, 0.717) is 16.6 Å². The van der Waals surface area contributed by atoms with Crippen LogP contribution in [-0.2, 0) is 0 Å². The topological polar surface area (TPSA) is 63.1 Å². The van der Waals surface area contributed by atoms with Gasteiger partial charge in [0.15, 0.2) is 5.78 Å². The zero-order valence-electron chi connectivity index (χ0n) is 7.56. The summed E-state index contributed by atoms with van der Waals surface area (Å²) in [6.45, 7) is 1.46. The average Bonchev–Trinajstić information content (AvgIpc) is 2.17. The van der Waals surface area contributed by atoms with Crippen molar-refractivity contribution >= 4 is 16.8 Å². The molecule has 0 spiro atoms. The maximum atomic E-state index is 11.0. The summed E-state index contributed by atoms with van der Waals surface area (Å²) in [6.07, 6.45) is 2.91. The van der Waals surface area contributed by atoms with E-state index in [9.17, 15) is 9.90 Å². The van der Waals surface area contributed by atoms with E-state index in [1.807, 2.05) is 0 Å². The number of Topliss-reactive ketones (excluding diaryl/α,β-unsaturated/α-hetero) is 1. The smallest absolute Gasteiger partial charge is 0.161 e. The SMILES string of the molecule is CC(=O)c1cnc2c(O)ccnc2c1. The molecule has 0 aromatic carbocycles. The quantitative estimate of drug-likeness (QED) is 0.689. The second kappa shape index (κ2) is 3.06. The van der Waals surface area contributed by atoms with E-state index in [1.54, 1.807) is 6.07 Å². The summed E-state index contributed by atoms with van der Waals surface area (Å²) >= 11 is 0. The highest BCUT2D eigenvalue weighted by atomic mass is 16.3. The molecule has 2 aromatic heterocycles. The third-order valence-electron chi connectivity index (χ3n) is 1.96. The molecule has 2 heterocycles. The largest absolute Gasteiger partial charge is 0.506 e. The van der Waals surface area contributed by atoms with E-state index in [4.69, 9.17) is 0 Å². The molecule has 0 unspecified atom stereocenters. The summed E-state index contributed by atoms with van der Waals surface area (Å²) in [5.41, 5.74) is 1.44. The molecule has 4 nitrogen and oxygen atoms in total. The van der Waals surface area contributed by atoms with Gasteiger partial charge < -0.3 is 5.11 Å². The molecule has 0 aliphatic rings. The first-order chi connectivity index (χ1) is 6.68. The number of nitrogens with zero attached hydrogens (tertiary/aromatic N) is 2. The van der Waals surface area contributed by atoms with Gasteiger partial charge in [-0.15, -0.1) is 0 Å². The molecule has 0 saturated heterocycles. The van der Waals surface area contributed by atoms with Gasteiger partial charge in [0.2, 0.25) is 0 Å². The molecule has 0 atom stereocenters. The van der Waals surface area contributed by atoms with Crippen LogP contribution >= 0.6 is 0 Å². The lowest BCUT2D eigenvalue weighted by Gasteiger charge is -2.00. The van der Waals surface area contributed by atoms with E-state index in [-0.39, 0.29) is 11.5 Å². The van der Waals surface area contributed by atoms with Crippen molar-refractivity contribution in [3.8, 4) is 5.75 Å². The van der Waals surface area contributed by atoms with Gasteiger partial charge in [0.1, 0.15) is 11.3 Å². The number of hydrogen-bond acceptors (Lipinski definition) is 4. The normalized spacial score (nSPS) is 10.4. The Morgan fingerprint density at radius 3 is 2.93 bits per heavy atom. The Morgan fingerprint density at radius 2 is 2.21 bits per heavy atom. The molecule has 1 N–H and O–H groups in total. The molecule has 2 rings (SSSR count). The number of ketones is 1. The molecule has 0 fully saturated rings. The lowest BCUT2D eigenvalue weighted by atomic mass is 10.2. The Morgan fingerprint density at radius 1 is 1.43 bits per heavy atom. The fourth-order valence-corrected chi connectivity index (χ4v) is 1.21. The standard InChI is InChI=1S/C10H8N2O2/c1-6(13)7-4-8-10(12-5-7)9(14)2-3-11-8/h2-5H,1H3,(H,11,14). The number of aromatic hydroxyl groups is 1. The van der Waals surface area contributed by atoms with E-state index in [0.717, 1.165) is 0 Å². The van der Waals surface area contributed by atoms with Gasteiger partial charge in [-0.25, -0.2) is 4.98 Å². The second-order valence-electron chi connectivity index (χ2n) is 2.98. The van der Waals surface area contributed by atoms with Crippen LogP contribution in [0.1, 0.15) is 17.3 Å². The first-order valence-corrected chi connectivity index (χ1v) is 4.13. The Labute approximate surface area is 80.2 Å². The van der Waals surface area contributed by atoms with Crippen molar-refractivity contribution in [2.45, 2.75) is 6.92 Å². The van der Waals surface area contributed by atoms with Crippen LogP contribution in [0.2, 0.25) is 0 Å². The van der Waals surface area contributed by atoms with Crippen LogP contribution in [0.25, 0.3) is 11.0 Å². The van der Waals surface area contributed by atoms with Crippen LogP contribution < -0.4 is 0 Å². The molecule has 0 bridgehead atoms. The van der Waals surface area contributed by atoms with E-state index in [2.05, 4.69) is 9.97 Å². The second-order valence-corrected chi connectivity index (χ2v) is 2.98. The number of hydrogen-bond donors (Lipinski definition) is 1. The van der Waals surface area contributed by atoms with E-state index in [1.165, 1.54) is 25.4 Å². The zero-order chi connectivity index (χ0) is 10.1. The molecule has 0 aliphatic heterocycles. The molecule has 0 amide bonds. The summed E-state index contributed by atoms with van der Waals surface area (Å²) in [5.74, 6) is 0.00893. The average molecular weight is 188 g/mol. The minimum atomic E-state index is -0.0652. The minimum Gasteiger partial charge on any atom is -0.506 e. The number of fused-ring (bicyclic) bond motifs is 1. The third-order valence-corrected chi connectivity index (χ3v) is 1.96. The molecule has 0 aliphatic carbocycles. The Bertz CT molecular complexity index is 508. The monoisotopic (exact) mass is 188 g/mol. The zero-order valence-corrected chi connectivity index (χ0v) is 7.56. The van der Waals surface area contributed by atoms with Crippen LogP contribution in [-0.4, -0.2) is 20.9 Å². The highest BCUT2D eigenvalue weighted by Gasteiger charge is 2.05. The van der Waals surface area contributed by atoms with Crippen molar-refractivity contribution in [2.24, 2.45) is 0 Å². The van der Waals surface area contributed by atoms with Gasteiger partial charge in [-0.1, -0.05) is 0 Å². The van der Waals surface area contributed by atoms with E-state index < -0.39 is 0 Å². The fourth-order valence-electron chi connectivity index (χ4n) is 1.21. The van der Waals surface area contributed by atoms with Crippen LogP contribution in [0.5, 0.6) is 5.75 Å². The van der Waals surface area contributed by atoms with Gasteiger partial charge in [0, 0.05) is 24.0 Å². The number of carbonyl (C=O) groups is 1. The summed E-state index contributed by atoms with van der Waals surface area (Å²) in [5, 5.41) is 9.41. The fraction of sp³-hybridized carbons (Fsp3) is 0.100. The lowest BCUT2D eigenvalue weighted by Crippen LogP contribution is -1.94. The molecule has 4 heteroatoms. The molecule has 14 heavy (non-hydrogen) atoms. The van der Waals surface area contributed by atoms with Gasteiger partial charge in [-0.05, 0) is 13.0 Å². The Hall–Kier alpha value is -1.97. The molecule has 70 valence electrons. The van der Waals surface area contributed by atoms with Crippen molar-refractivity contribution in [3.63, 3.8) is 0 Å². The molecule has 0 saturated carbocycles. The maximum absolute atomic E-state index is 11.0. The molecule has 2 aromatic rings. The van der Waals surface area contributed by atoms with Gasteiger partial charge in [-0.3, -0.25) is 9.78 Å². The highest BCUT2D eigenvalue weighted by molar-refractivity contribution is 5.97. The summed E-state index contributed by atoms with van der Waals surface area (Å²) < 4.78 is 0. The van der Waals surface area contributed by atoms with Crippen molar-refractivity contribution in [3.05, 3.63) is 30.1 Å². The van der Waals surface area contributed by atoms with Crippen molar-refractivity contribution in [2.75, 3.05) is 0 Å². The van der Waals surface area contributed by atoms with Gasteiger partial charge >= 0.3 is 0 Å². The van der Waals surface area contributed by atoms with Gasteiger partial charge in [0.05, 0.1) is 5.52 Å². The third kappa shape index (κ3) is 1.31. The number of aromatic nitrogens is 2. The van der Waals surface area contributed by atoms with Crippen LogP contribution in [0, 0.1) is 0 Å². The van der Waals surface area contributed by atoms with Crippen LogP contribution in [0.3, 0.4) is 0 Å². The van der Waals surface area contributed by atoms with Crippen molar-refractivity contribution < 1.29 is 9.90 Å². The Kier molecular flexibility index (Phi) is 1.89. The molecular weight excluding hydrogens is 180 g/mol. The van der Waals surface area contributed by atoms with Gasteiger partial charge in [-0.2, -0.15) is 0 Å². The van der Waals surface area contributed by atoms with Crippen LogP contribution in [0.4, 0.5) is 0 Å². The molecule has 0 radical (unpaired) electrons. The summed E-state index contributed by atoms with van der Waals surface area (Å²) in [6, 6.07) is 3.08. The Balaban J connectivity index is 2.73. The predicted molar refractivity (Wildman–Crippen MR) is 51.2 cm³/mol. The number of rotatable bonds is 1. The lowest BCUT2D eigenvalue weighted by molar-refractivity contribution is 0.101. The maximum Gasteiger partial charge on any atom is 0.161 e. The van der Waals surface area contributed by atoms with Crippen molar-refractivity contribution in [1.29, 1.82) is 0 Å². The first-order valence-electron chi connectivity index (χ1n) is 4.13. The summed E-state index contributed by atoms with van der Waals surface area (Å²) in [7, 11) is 0. The number of pyridine rings is 2. The highest BCUT2D eigenvalue weighted by Crippen LogP contribution is 2.20. The number of carbonyl (C=O) groups excluding carboxylic acids is 1.